The molecule has 7 heteroatoms. The number of ether oxygens (including phenoxy) is 1. The Labute approximate surface area is 117 Å². The molecule has 2 saturated heterocycles. The average molecular weight is 278 g/mol. The van der Waals surface area contributed by atoms with Crippen LogP contribution in [-0.4, -0.2) is 58.8 Å². The predicted octanol–water partition coefficient (Wildman–Crippen LogP) is -0.227. The van der Waals surface area contributed by atoms with Crippen LogP contribution >= 0.6 is 0 Å². The molecule has 1 aromatic rings. The van der Waals surface area contributed by atoms with Crippen molar-refractivity contribution >= 4 is 17.5 Å². The summed E-state index contributed by atoms with van der Waals surface area (Å²) in [5.74, 6) is 0.0174. The molecule has 0 N–H and O–H groups in total. The number of hydrogen-bond donors (Lipinski definition) is 0. The van der Waals surface area contributed by atoms with Crippen molar-refractivity contribution in [3.8, 4) is 0 Å². The zero-order chi connectivity index (χ0) is 14.3. The fourth-order valence-corrected chi connectivity index (χ4v) is 3.23. The Morgan fingerprint density at radius 1 is 1.50 bits per heavy atom. The lowest BCUT2D eigenvalue weighted by molar-refractivity contribution is -0.136. The molecule has 3 rings (SSSR count). The molecular weight excluding hydrogens is 260 g/mol. The second-order valence-corrected chi connectivity index (χ2v) is 5.28. The van der Waals surface area contributed by atoms with Crippen molar-refractivity contribution < 1.29 is 14.3 Å². The molecule has 0 bridgehead atoms. The quantitative estimate of drug-likeness (QED) is 0.766. The number of carbonyl (C=O) groups excluding carboxylic acids is 2. The lowest BCUT2D eigenvalue weighted by Gasteiger charge is -2.24. The first-order chi connectivity index (χ1) is 9.61. The third-order valence-electron chi connectivity index (χ3n) is 4.05. The number of aromatic nitrogens is 2. The molecule has 2 atom stereocenters. The molecule has 2 aliphatic heterocycles. The van der Waals surface area contributed by atoms with Gasteiger partial charge in [0.05, 0.1) is 24.0 Å². The van der Waals surface area contributed by atoms with Crippen LogP contribution in [0.3, 0.4) is 0 Å². The van der Waals surface area contributed by atoms with E-state index in [2.05, 4.69) is 5.10 Å². The standard InChI is InChI=1S/C13H18N4O3/c1-15-7-9(6-14-15)17-10-3-4-16(13(19)8-20-2)11(10)5-12(17)18/h6-7,10-11H,3-5,8H2,1-2H3/t10-,11+/m0/s1. The molecule has 0 radical (unpaired) electrons. The first-order valence-corrected chi connectivity index (χ1v) is 6.71. The Bertz CT molecular complexity index is 541. The molecule has 2 aliphatic rings. The minimum Gasteiger partial charge on any atom is -0.375 e. The fourth-order valence-electron chi connectivity index (χ4n) is 3.23. The first-order valence-electron chi connectivity index (χ1n) is 6.71. The molecule has 20 heavy (non-hydrogen) atoms. The largest absolute Gasteiger partial charge is 0.375 e. The van der Waals surface area contributed by atoms with Crippen LogP contribution < -0.4 is 4.90 Å². The predicted molar refractivity (Wildman–Crippen MR) is 71.1 cm³/mol. The highest BCUT2D eigenvalue weighted by Crippen LogP contribution is 2.35. The fraction of sp³-hybridized carbons (Fsp3) is 0.615. The van der Waals surface area contributed by atoms with Gasteiger partial charge in [0.1, 0.15) is 6.61 Å². The van der Waals surface area contributed by atoms with E-state index in [0.29, 0.717) is 13.0 Å². The number of methoxy groups -OCH3 is 1. The van der Waals surface area contributed by atoms with Gasteiger partial charge in [0.25, 0.3) is 0 Å². The van der Waals surface area contributed by atoms with Crippen LogP contribution in [0.2, 0.25) is 0 Å². The Morgan fingerprint density at radius 2 is 2.30 bits per heavy atom. The van der Waals surface area contributed by atoms with E-state index in [4.69, 9.17) is 4.74 Å². The number of likely N-dealkylation sites (tertiary alicyclic amines) is 1. The summed E-state index contributed by atoms with van der Waals surface area (Å²) in [6.45, 7) is 0.756. The topological polar surface area (TPSA) is 67.7 Å². The van der Waals surface area contributed by atoms with Crippen LogP contribution in [0.5, 0.6) is 0 Å². The number of amides is 2. The Balaban J connectivity index is 1.81. The summed E-state index contributed by atoms with van der Waals surface area (Å²) in [6.07, 6.45) is 4.72. The zero-order valence-corrected chi connectivity index (χ0v) is 11.7. The summed E-state index contributed by atoms with van der Waals surface area (Å²) in [5.41, 5.74) is 0.811. The van der Waals surface area contributed by atoms with E-state index in [9.17, 15) is 9.59 Å². The lowest BCUT2D eigenvalue weighted by atomic mass is 10.1. The third kappa shape index (κ3) is 1.98. The minimum absolute atomic E-state index is 0.0367. The molecule has 0 unspecified atom stereocenters. The molecular formula is C13H18N4O3. The van der Waals surface area contributed by atoms with E-state index >= 15 is 0 Å². The van der Waals surface area contributed by atoms with Crippen molar-refractivity contribution in [2.75, 3.05) is 25.2 Å². The van der Waals surface area contributed by atoms with Gasteiger partial charge in [0, 0.05) is 33.3 Å². The summed E-state index contributed by atoms with van der Waals surface area (Å²) >= 11 is 0. The molecule has 0 spiro atoms. The van der Waals surface area contributed by atoms with Gasteiger partial charge in [-0.25, -0.2) is 0 Å². The highest BCUT2D eigenvalue weighted by Gasteiger charge is 2.48. The molecule has 0 aromatic carbocycles. The van der Waals surface area contributed by atoms with Crippen LogP contribution in [0.1, 0.15) is 12.8 Å². The Kier molecular flexibility index (Phi) is 3.21. The molecule has 108 valence electrons. The maximum Gasteiger partial charge on any atom is 0.248 e. The molecule has 0 aliphatic carbocycles. The normalized spacial score (nSPS) is 25.4. The number of anilines is 1. The van der Waals surface area contributed by atoms with Gasteiger partial charge in [-0.15, -0.1) is 0 Å². The maximum atomic E-state index is 12.2. The summed E-state index contributed by atoms with van der Waals surface area (Å²) in [4.78, 5) is 27.8. The van der Waals surface area contributed by atoms with Crippen molar-refractivity contribution in [2.24, 2.45) is 7.05 Å². The number of rotatable bonds is 3. The zero-order valence-electron chi connectivity index (χ0n) is 11.7. The van der Waals surface area contributed by atoms with Gasteiger partial charge in [-0.2, -0.15) is 5.10 Å². The average Bonchev–Trinajstić information content (AvgIpc) is 3.04. The van der Waals surface area contributed by atoms with Gasteiger partial charge in [0.2, 0.25) is 11.8 Å². The Hall–Kier alpha value is -1.89. The SMILES string of the molecule is COCC(=O)N1CC[C@H]2[C@H]1CC(=O)N2c1cnn(C)c1. The van der Waals surface area contributed by atoms with E-state index in [-0.39, 0.29) is 30.5 Å². The van der Waals surface area contributed by atoms with E-state index < -0.39 is 0 Å². The number of carbonyl (C=O) groups is 2. The van der Waals surface area contributed by atoms with Gasteiger partial charge < -0.3 is 14.5 Å². The van der Waals surface area contributed by atoms with Crippen LogP contribution in [0, 0.1) is 0 Å². The van der Waals surface area contributed by atoms with Gasteiger partial charge in [-0.1, -0.05) is 0 Å². The first kappa shape index (κ1) is 13.1. The van der Waals surface area contributed by atoms with Crippen molar-refractivity contribution in [1.82, 2.24) is 14.7 Å². The second-order valence-electron chi connectivity index (χ2n) is 5.28. The number of fused-ring (bicyclic) bond motifs is 1. The maximum absolute atomic E-state index is 12.2. The monoisotopic (exact) mass is 278 g/mol. The lowest BCUT2D eigenvalue weighted by Crippen LogP contribution is -2.41. The molecule has 0 saturated carbocycles. The summed E-state index contributed by atoms with van der Waals surface area (Å²) in [7, 11) is 3.33. The molecule has 2 amide bonds. The highest BCUT2D eigenvalue weighted by atomic mass is 16.5. The summed E-state index contributed by atoms with van der Waals surface area (Å²) < 4.78 is 6.58. The molecule has 3 heterocycles. The van der Waals surface area contributed by atoms with Crippen LogP contribution in [-0.2, 0) is 21.4 Å². The minimum atomic E-state index is -0.0409. The number of aryl methyl sites for hydroxylation is 1. The van der Waals surface area contributed by atoms with Crippen LogP contribution in [0.4, 0.5) is 5.69 Å². The van der Waals surface area contributed by atoms with E-state index in [0.717, 1.165) is 12.1 Å². The van der Waals surface area contributed by atoms with E-state index in [1.54, 1.807) is 20.7 Å². The van der Waals surface area contributed by atoms with Crippen molar-refractivity contribution in [1.29, 1.82) is 0 Å². The summed E-state index contributed by atoms with van der Waals surface area (Å²) in [5, 5.41) is 4.12. The van der Waals surface area contributed by atoms with Gasteiger partial charge in [-0.05, 0) is 6.42 Å². The molecule has 1 aromatic heterocycles. The van der Waals surface area contributed by atoms with Crippen LogP contribution in [0.15, 0.2) is 12.4 Å². The second kappa shape index (κ2) is 4.90. The highest BCUT2D eigenvalue weighted by molar-refractivity contribution is 5.98. The molecule has 7 nitrogen and oxygen atoms in total. The number of nitrogens with zero attached hydrogens (tertiary/aromatic N) is 4. The van der Waals surface area contributed by atoms with Crippen molar-refractivity contribution in [3.63, 3.8) is 0 Å². The van der Waals surface area contributed by atoms with Crippen LogP contribution in [0.25, 0.3) is 0 Å². The summed E-state index contributed by atoms with van der Waals surface area (Å²) in [6, 6.07) is 0.0258. The van der Waals surface area contributed by atoms with Gasteiger partial charge in [0.15, 0.2) is 0 Å². The van der Waals surface area contributed by atoms with E-state index in [1.807, 2.05) is 13.2 Å². The Morgan fingerprint density at radius 3 is 2.95 bits per heavy atom. The number of hydrogen-bond acceptors (Lipinski definition) is 4. The van der Waals surface area contributed by atoms with Gasteiger partial charge >= 0.3 is 0 Å². The smallest absolute Gasteiger partial charge is 0.248 e. The van der Waals surface area contributed by atoms with Crippen molar-refractivity contribution in [3.05, 3.63) is 12.4 Å². The van der Waals surface area contributed by atoms with Crippen molar-refractivity contribution in [2.45, 2.75) is 24.9 Å². The van der Waals surface area contributed by atoms with Gasteiger partial charge in [-0.3, -0.25) is 14.3 Å². The van der Waals surface area contributed by atoms with E-state index in [1.165, 1.54) is 7.11 Å². The molecule has 2 fully saturated rings. The third-order valence-corrected chi connectivity index (χ3v) is 4.05.